The Morgan fingerprint density at radius 1 is 1.00 bits per heavy atom. The Bertz CT molecular complexity index is 1250. The summed E-state index contributed by atoms with van der Waals surface area (Å²) in [6.45, 7) is 3.87. The second-order valence-electron chi connectivity index (χ2n) is 7.92. The van der Waals surface area contributed by atoms with E-state index in [0.717, 1.165) is 11.1 Å². The number of ether oxygens (including phenoxy) is 1. The lowest BCUT2D eigenvalue weighted by Gasteiger charge is -2.22. The Morgan fingerprint density at radius 2 is 1.71 bits per heavy atom. The molecule has 0 unspecified atom stereocenters. The molecule has 34 heavy (non-hydrogen) atoms. The fourth-order valence-corrected chi connectivity index (χ4v) is 3.68. The number of hydrogen-bond donors (Lipinski definition) is 1. The van der Waals surface area contributed by atoms with Crippen molar-refractivity contribution >= 4 is 40.6 Å². The molecule has 1 aliphatic heterocycles. The van der Waals surface area contributed by atoms with Gasteiger partial charge in [-0.2, -0.15) is 0 Å². The maximum atomic E-state index is 13.2. The van der Waals surface area contributed by atoms with Gasteiger partial charge in [-0.15, -0.1) is 0 Å². The zero-order valence-corrected chi connectivity index (χ0v) is 19.1. The minimum Gasteiger partial charge on any atom is -0.462 e. The van der Waals surface area contributed by atoms with Crippen LogP contribution in [0, 0.1) is 6.92 Å². The normalized spacial score (nSPS) is 12.9. The Kier molecular flexibility index (Phi) is 6.82. The minimum absolute atomic E-state index is 0.0826. The molecule has 0 aliphatic carbocycles. The predicted molar refractivity (Wildman–Crippen MR) is 132 cm³/mol. The van der Waals surface area contributed by atoms with Gasteiger partial charge in [0.25, 0.3) is 0 Å². The molecule has 7 heteroatoms. The fraction of sp³-hybridized carbons (Fsp3) is 0.185. The van der Waals surface area contributed by atoms with Crippen LogP contribution in [0.5, 0.6) is 0 Å². The number of fused-ring (bicyclic) bond motifs is 1. The van der Waals surface area contributed by atoms with E-state index in [1.165, 1.54) is 4.90 Å². The van der Waals surface area contributed by atoms with Crippen molar-refractivity contribution in [3.8, 4) is 0 Å². The Labute approximate surface area is 198 Å². The van der Waals surface area contributed by atoms with Crippen LogP contribution in [0.25, 0.3) is 0 Å². The largest absolute Gasteiger partial charge is 0.462 e. The number of anilines is 2. The van der Waals surface area contributed by atoms with Crippen LogP contribution in [0.4, 0.5) is 17.1 Å². The highest BCUT2D eigenvalue weighted by atomic mass is 16.5. The third-order valence-corrected chi connectivity index (χ3v) is 5.41. The van der Waals surface area contributed by atoms with Crippen LogP contribution in [0.15, 0.2) is 77.8 Å². The van der Waals surface area contributed by atoms with E-state index in [-0.39, 0.29) is 31.4 Å². The number of nitrogens with zero attached hydrogens (tertiary/aromatic N) is 2. The molecule has 0 fully saturated rings. The zero-order valence-electron chi connectivity index (χ0n) is 19.1. The van der Waals surface area contributed by atoms with Crippen molar-refractivity contribution in [3.63, 3.8) is 0 Å². The number of aliphatic imine (C=N–C) groups is 1. The quantitative estimate of drug-likeness (QED) is 0.547. The molecular formula is C27H25N3O4. The Hall–Kier alpha value is -4.26. The summed E-state index contributed by atoms with van der Waals surface area (Å²) in [5.74, 6) is -0.987. The molecule has 0 radical (unpaired) electrons. The summed E-state index contributed by atoms with van der Waals surface area (Å²) in [6, 6.07) is 21.6. The van der Waals surface area contributed by atoms with E-state index in [2.05, 4.69) is 5.32 Å². The van der Waals surface area contributed by atoms with Crippen molar-refractivity contribution in [3.05, 3.63) is 89.5 Å². The van der Waals surface area contributed by atoms with Gasteiger partial charge in [-0.3, -0.25) is 14.6 Å². The highest BCUT2D eigenvalue weighted by molar-refractivity contribution is 6.19. The summed E-state index contributed by atoms with van der Waals surface area (Å²) in [5.41, 5.74) is 4.80. The van der Waals surface area contributed by atoms with Gasteiger partial charge in [-0.1, -0.05) is 42.0 Å². The average Bonchev–Trinajstić information content (AvgIpc) is 2.96. The maximum Gasteiger partial charge on any atom is 0.338 e. The van der Waals surface area contributed by atoms with Gasteiger partial charge in [0.2, 0.25) is 11.8 Å². The number of para-hydroxylation sites is 2. The van der Waals surface area contributed by atoms with Crippen molar-refractivity contribution in [2.45, 2.75) is 20.3 Å². The summed E-state index contributed by atoms with van der Waals surface area (Å²) in [5, 5.41) is 2.79. The number of aryl methyl sites for hydroxylation is 1. The summed E-state index contributed by atoms with van der Waals surface area (Å²) < 4.78 is 4.97. The maximum absolute atomic E-state index is 13.2. The number of nitrogens with one attached hydrogen (secondary N) is 1. The molecule has 0 spiro atoms. The van der Waals surface area contributed by atoms with E-state index in [1.807, 2.05) is 49.4 Å². The molecule has 0 saturated heterocycles. The van der Waals surface area contributed by atoms with Gasteiger partial charge in [-0.05, 0) is 55.8 Å². The smallest absolute Gasteiger partial charge is 0.338 e. The van der Waals surface area contributed by atoms with Crippen LogP contribution >= 0.6 is 0 Å². The van der Waals surface area contributed by atoms with Gasteiger partial charge in [0.05, 0.1) is 35.7 Å². The topological polar surface area (TPSA) is 88.1 Å². The van der Waals surface area contributed by atoms with Crippen LogP contribution in [-0.4, -0.2) is 36.6 Å². The van der Waals surface area contributed by atoms with Crippen molar-refractivity contribution in [1.29, 1.82) is 0 Å². The monoisotopic (exact) mass is 455 g/mol. The van der Waals surface area contributed by atoms with Crippen molar-refractivity contribution in [2.75, 3.05) is 23.4 Å². The van der Waals surface area contributed by atoms with Crippen LogP contribution in [-0.2, 0) is 14.3 Å². The summed E-state index contributed by atoms with van der Waals surface area (Å²) in [4.78, 5) is 44.1. The second-order valence-corrected chi connectivity index (χ2v) is 7.92. The molecule has 0 bridgehead atoms. The number of hydrogen-bond acceptors (Lipinski definition) is 5. The fourth-order valence-electron chi connectivity index (χ4n) is 3.68. The van der Waals surface area contributed by atoms with Crippen molar-refractivity contribution in [1.82, 2.24) is 0 Å². The molecule has 0 atom stereocenters. The van der Waals surface area contributed by atoms with Gasteiger partial charge in [0.1, 0.15) is 6.54 Å². The minimum atomic E-state index is -0.420. The number of amides is 2. The lowest BCUT2D eigenvalue weighted by Crippen LogP contribution is -2.38. The molecule has 2 amide bonds. The molecule has 4 rings (SSSR count). The molecule has 7 nitrogen and oxygen atoms in total. The van der Waals surface area contributed by atoms with Gasteiger partial charge in [-0.25, -0.2) is 4.79 Å². The van der Waals surface area contributed by atoms with Crippen molar-refractivity contribution < 1.29 is 19.1 Å². The summed E-state index contributed by atoms with van der Waals surface area (Å²) in [7, 11) is 0. The molecule has 172 valence electrons. The van der Waals surface area contributed by atoms with Crippen LogP contribution in [0.1, 0.15) is 34.8 Å². The van der Waals surface area contributed by atoms with Gasteiger partial charge in [0.15, 0.2) is 0 Å². The second kappa shape index (κ2) is 10.1. The predicted octanol–water partition coefficient (Wildman–Crippen LogP) is 4.67. The highest BCUT2D eigenvalue weighted by Crippen LogP contribution is 2.33. The van der Waals surface area contributed by atoms with E-state index in [0.29, 0.717) is 28.3 Å². The van der Waals surface area contributed by atoms with Crippen LogP contribution < -0.4 is 10.2 Å². The third kappa shape index (κ3) is 5.20. The third-order valence-electron chi connectivity index (χ3n) is 5.41. The van der Waals surface area contributed by atoms with Gasteiger partial charge < -0.3 is 15.0 Å². The molecule has 3 aromatic rings. The average molecular weight is 456 g/mol. The molecule has 3 aromatic carbocycles. The molecule has 1 N–H and O–H groups in total. The number of rotatable bonds is 6. The molecule has 0 aromatic heterocycles. The SMILES string of the molecule is CCOC(=O)c1ccc(NC(=O)CN2C(=O)CC(c3ccc(C)cc3)=Nc3ccccc32)cc1. The van der Waals surface area contributed by atoms with E-state index >= 15 is 0 Å². The summed E-state index contributed by atoms with van der Waals surface area (Å²) in [6.07, 6.45) is 0.0826. The van der Waals surface area contributed by atoms with Gasteiger partial charge in [0, 0.05) is 5.69 Å². The zero-order chi connectivity index (χ0) is 24.1. The van der Waals surface area contributed by atoms with E-state index in [4.69, 9.17) is 9.73 Å². The number of carbonyl (C=O) groups is 3. The molecule has 1 heterocycles. The lowest BCUT2D eigenvalue weighted by atomic mass is 10.1. The molecular weight excluding hydrogens is 430 g/mol. The van der Waals surface area contributed by atoms with E-state index in [1.54, 1.807) is 37.3 Å². The van der Waals surface area contributed by atoms with Gasteiger partial charge >= 0.3 is 5.97 Å². The first kappa shape index (κ1) is 22.9. The number of carbonyl (C=O) groups excluding carboxylic acids is 3. The first-order valence-corrected chi connectivity index (χ1v) is 11.1. The van der Waals surface area contributed by atoms with Crippen molar-refractivity contribution in [2.24, 2.45) is 4.99 Å². The lowest BCUT2D eigenvalue weighted by molar-refractivity contribution is -0.120. The Morgan fingerprint density at radius 3 is 2.41 bits per heavy atom. The first-order chi connectivity index (χ1) is 16.4. The van der Waals surface area contributed by atoms with Crippen LogP contribution in [0.2, 0.25) is 0 Å². The number of esters is 1. The molecule has 1 aliphatic rings. The standard InChI is InChI=1S/C27H25N3O4/c1-3-34-27(33)20-12-14-21(15-13-20)28-25(31)17-30-24-7-5-4-6-22(24)29-23(16-26(30)32)19-10-8-18(2)9-11-19/h4-15H,3,16-17H2,1-2H3,(H,28,31). The first-order valence-electron chi connectivity index (χ1n) is 11.1. The number of benzene rings is 3. The Balaban J connectivity index is 1.51. The highest BCUT2D eigenvalue weighted by Gasteiger charge is 2.26. The molecule has 0 saturated carbocycles. The summed E-state index contributed by atoms with van der Waals surface area (Å²) >= 11 is 0. The van der Waals surface area contributed by atoms with E-state index < -0.39 is 5.97 Å². The van der Waals surface area contributed by atoms with E-state index in [9.17, 15) is 14.4 Å². The van der Waals surface area contributed by atoms with Crippen LogP contribution in [0.3, 0.4) is 0 Å².